The summed E-state index contributed by atoms with van der Waals surface area (Å²) in [5.41, 5.74) is 1.76. The second-order valence-electron chi connectivity index (χ2n) is 4.85. The van der Waals surface area contributed by atoms with Gasteiger partial charge < -0.3 is 4.98 Å². The number of halogens is 2. The SMILES string of the molecule is Fc1cc2[nH]cccc2c2nc(-c3ccccc3)c(F)c12. The average molecular weight is 280 g/mol. The van der Waals surface area contributed by atoms with Crippen molar-refractivity contribution in [2.24, 2.45) is 0 Å². The molecular formula is C17H10F2N2. The van der Waals surface area contributed by atoms with Crippen LogP contribution in [0.5, 0.6) is 0 Å². The number of aromatic nitrogens is 2. The largest absolute Gasteiger partial charge is 0.361 e. The zero-order chi connectivity index (χ0) is 14.4. The molecule has 0 unspecified atom stereocenters. The van der Waals surface area contributed by atoms with Crippen LogP contribution in [0.4, 0.5) is 8.78 Å². The summed E-state index contributed by atoms with van der Waals surface area (Å²) < 4.78 is 28.8. The summed E-state index contributed by atoms with van der Waals surface area (Å²) in [6.07, 6.45) is 1.70. The molecule has 2 nitrogen and oxygen atoms in total. The van der Waals surface area contributed by atoms with Gasteiger partial charge in [-0.3, -0.25) is 0 Å². The third kappa shape index (κ3) is 1.72. The average Bonchev–Trinajstić information content (AvgIpc) is 2.87. The number of fused-ring (bicyclic) bond motifs is 3. The number of H-pyrrole nitrogens is 1. The number of hydrogen-bond acceptors (Lipinski definition) is 1. The lowest BCUT2D eigenvalue weighted by atomic mass is 10.1. The number of rotatable bonds is 1. The fourth-order valence-corrected chi connectivity index (χ4v) is 2.61. The van der Waals surface area contributed by atoms with Gasteiger partial charge in [0.15, 0.2) is 5.82 Å². The number of nitrogens with zero attached hydrogens (tertiary/aromatic N) is 1. The molecule has 4 aromatic rings. The molecule has 0 aliphatic carbocycles. The van der Waals surface area contributed by atoms with Gasteiger partial charge >= 0.3 is 0 Å². The van der Waals surface area contributed by atoms with Gasteiger partial charge in [-0.25, -0.2) is 13.8 Å². The third-order valence-electron chi connectivity index (χ3n) is 3.59. The Balaban J connectivity index is 2.15. The predicted octanol–water partition coefficient (Wildman–Crippen LogP) is 4.66. The lowest BCUT2D eigenvalue weighted by Crippen LogP contribution is -1.84. The van der Waals surface area contributed by atoms with E-state index >= 15 is 0 Å². The molecule has 0 aliphatic rings. The van der Waals surface area contributed by atoms with Crippen LogP contribution in [0.15, 0.2) is 54.7 Å². The van der Waals surface area contributed by atoms with Gasteiger partial charge in [-0.05, 0) is 18.2 Å². The second kappa shape index (κ2) is 4.38. The smallest absolute Gasteiger partial charge is 0.161 e. The molecule has 0 spiro atoms. The highest BCUT2D eigenvalue weighted by atomic mass is 19.1. The Labute approximate surface area is 119 Å². The third-order valence-corrected chi connectivity index (χ3v) is 3.59. The van der Waals surface area contributed by atoms with Crippen LogP contribution in [0.2, 0.25) is 0 Å². The highest BCUT2D eigenvalue weighted by Gasteiger charge is 2.19. The maximum absolute atomic E-state index is 14.6. The van der Waals surface area contributed by atoms with Crippen molar-refractivity contribution >= 4 is 21.8 Å². The first-order chi connectivity index (χ1) is 10.3. The monoisotopic (exact) mass is 280 g/mol. The first-order valence-electron chi connectivity index (χ1n) is 6.56. The van der Waals surface area contributed by atoms with Crippen LogP contribution in [0.3, 0.4) is 0 Å². The number of nitrogens with one attached hydrogen (secondary N) is 1. The molecule has 0 amide bonds. The van der Waals surface area contributed by atoms with Crippen molar-refractivity contribution in [2.45, 2.75) is 0 Å². The van der Waals surface area contributed by atoms with Crippen LogP contribution < -0.4 is 0 Å². The molecule has 0 fully saturated rings. The minimum atomic E-state index is -0.612. The zero-order valence-electron chi connectivity index (χ0n) is 10.9. The Hall–Kier alpha value is -2.75. The molecule has 2 heterocycles. The predicted molar refractivity (Wildman–Crippen MR) is 79.0 cm³/mol. The number of pyridine rings is 1. The molecule has 102 valence electrons. The van der Waals surface area contributed by atoms with E-state index in [-0.39, 0.29) is 11.1 Å². The highest BCUT2D eigenvalue weighted by molar-refractivity contribution is 6.06. The fourth-order valence-electron chi connectivity index (χ4n) is 2.61. The Morgan fingerprint density at radius 3 is 2.57 bits per heavy atom. The van der Waals surface area contributed by atoms with Crippen LogP contribution in [0.1, 0.15) is 0 Å². The molecule has 1 N–H and O–H groups in total. The van der Waals surface area contributed by atoms with Crippen molar-refractivity contribution in [1.82, 2.24) is 9.97 Å². The quantitative estimate of drug-likeness (QED) is 0.539. The summed E-state index contributed by atoms with van der Waals surface area (Å²) in [6, 6.07) is 13.9. The molecular weight excluding hydrogens is 270 g/mol. The van der Waals surface area contributed by atoms with Crippen molar-refractivity contribution in [3.63, 3.8) is 0 Å². The molecule has 4 rings (SSSR count). The van der Waals surface area contributed by atoms with E-state index in [2.05, 4.69) is 9.97 Å². The lowest BCUT2D eigenvalue weighted by molar-refractivity contribution is 0.612. The van der Waals surface area contributed by atoms with Crippen molar-refractivity contribution in [3.8, 4) is 11.3 Å². The molecule has 21 heavy (non-hydrogen) atoms. The van der Waals surface area contributed by atoms with E-state index in [4.69, 9.17) is 0 Å². The normalized spacial score (nSPS) is 11.3. The van der Waals surface area contributed by atoms with Gasteiger partial charge in [0.2, 0.25) is 0 Å². The Morgan fingerprint density at radius 2 is 1.76 bits per heavy atom. The number of benzene rings is 2. The highest BCUT2D eigenvalue weighted by Crippen LogP contribution is 2.34. The summed E-state index contributed by atoms with van der Waals surface area (Å²) >= 11 is 0. The molecule has 0 atom stereocenters. The Kier molecular flexibility index (Phi) is 2.51. The Morgan fingerprint density at radius 1 is 0.952 bits per heavy atom. The van der Waals surface area contributed by atoms with E-state index in [0.29, 0.717) is 22.0 Å². The van der Waals surface area contributed by atoms with E-state index in [1.807, 2.05) is 6.07 Å². The van der Waals surface area contributed by atoms with Crippen LogP contribution >= 0.6 is 0 Å². The van der Waals surface area contributed by atoms with Crippen molar-refractivity contribution in [3.05, 3.63) is 66.4 Å². The van der Waals surface area contributed by atoms with Gasteiger partial charge in [-0.15, -0.1) is 0 Å². The van der Waals surface area contributed by atoms with Gasteiger partial charge in [-0.1, -0.05) is 30.3 Å². The number of hydrogen-bond donors (Lipinski definition) is 1. The summed E-state index contributed by atoms with van der Waals surface area (Å²) in [7, 11) is 0. The lowest BCUT2D eigenvalue weighted by Gasteiger charge is -2.00. The molecule has 0 saturated heterocycles. The van der Waals surface area contributed by atoms with Crippen LogP contribution in [-0.4, -0.2) is 9.97 Å². The number of aromatic amines is 1. The van der Waals surface area contributed by atoms with E-state index in [9.17, 15) is 8.78 Å². The summed E-state index contributed by atoms with van der Waals surface area (Å²) in [4.78, 5) is 7.29. The molecule has 2 aromatic carbocycles. The minimum absolute atomic E-state index is 0.0547. The summed E-state index contributed by atoms with van der Waals surface area (Å²) in [5.74, 6) is -1.22. The maximum Gasteiger partial charge on any atom is 0.161 e. The molecule has 2 aromatic heterocycles. The van der Waals surface area contributed by atoms with Crippen molar-refractivity contribution < 1.29 is 8.78 Å². The van der Waals surface area contributed by atoms with Gasteiger partial charge in [0.05, 0.1) is 16.4 Å². The van der Waals surface area contributed by atoms with Gasteiger partial charge in [0.25, 0.3) is 0 Å². The van der Waals surface area contributed by atoms with Crippen LogP contribution in [-0.2, 0) is 0 Å². The molecule has 0 radical (unpaired) electrons. The topological polar surface area (TPSA) is 28.7 Å². The van der Waals surface area contributed by atoms with E-state index < -0.39 is 11.6 Å². The molecule has 0 bridgehead atoms. The standard InChI is InChI=1S/C17H10F2N2/c18-12-9-13-11(7-4-8-20-13)17-14(12)15(19)16(21-17)10-5-2-1-3-6-10/h1-9,20H. The van der Waals surface area contributed by atoms with E-state index in [1.54, 1.807) is 42.6 Å². The fraction of sp³-hybridized carbons (Fsp3) is 0. The Bertz CT molecular complexity index is 959. The van der Waals surface area contributed by atoms with Gasteiger partial charge in [0, 0.05) is 17.1 Å². The molecule has 0 saturated carbocycles. The molecule has 0 aliphatic heterocycles. The summed E-state index contributed by atoms with van der Waals surface area (Å²) in [6.45, 7) is 0. The van der Waals surface area contributed by atoms with E-state index in [1.165, 1.54) is 6.07 Å². The van der Waals surface area contributed by atoms with Crippen LogP contribution in [0, 0.1) is 11.6 Å². The molecule has 4 heteroatoms. The van der Waals surface area contributed by atoms with Gasteiger partial charge in [-0.2, -0.15) is 0 Å². The van der Waals surface area contributed by atoms with Crippen molar-refractivity contribution in [2.75, 3.05) is 0 Å². The van der Waals surface area contributed by atoms with E-state index in [0.717, 1.165) is 0 Å². The van der Waals surface area contributed by atoms with Crippen molar-refractivity contribution in [1.29, 1.82) is 0 Å². The zero-order valence-corrected chi connectivity index (χ0v) is 10.9. The minimum Gasteiger partial charge on any atom is -0.361 e. The first-order valence-corrected chi connectivity index (χ1v) is 6.56. The van der Waals surface area contributed by atoms with Gasteiger partial charge in [0.1, 0.15) is 11.5 Å². The summed E-state index contributed by atoms with van der Waals surface area (Å²) in [5, 5.41) is 0.649. The maximum atomic E-state index is 14.6. The van der Waals surface area contributed by atoms with Crippen LogP contribution in [0.25, 0.3) is 33.1 Å². The second-order valence-corrected chi connectivity index (χ2v) is 4.85. The first kappa shape index (κ1) is 12.0.